The molecule has 1 amide bonds. The zero-order chi connectivity index (χ0) is 15.1. The maximum atomic E-state index is 11.2. The minimum Gasteiger partial charge on any atom is -0.484 e. The number of ether oxygens (including phenoxy) is 1. The van der Waals surface area contributed by atoms with Crippen molar-refractivity contribution in [1.82, 2.24) is 10.2 Å². The van der Waals surface area contributed by atoms with E-state index in [1.165, 1.54) is 19.4 Å². The van der Waals surface area contributed by atoms with Crippen LogP contribution >= 0.6 is 0 Å². The lowest BCUT2D eigenvalue weighted by molar-refractivity contribution is -0.122. The summed E-state index contributed by atoms with van der Waals surface area (Å²) in [5.41, 5.74) is 1.05. The van der Waals surface area contributed by atoms with Gasteiger partial charge in [-0.3, -0.25) is 4.79 Å². The van der Waals surface area contributed by atoms with E-state index in [-0.39, 0.29) is 12.5 Å². The summed E-state index contributed by atoms with van der Waals surface area (Å²) in [6.45, 7) is 2.35. The fourth-order valence-electron chi connectivity index (χ4n) is 2.52. The molecule has 0 aliphatic carbocycles. The van der Waals surface area contributed by atoms with Gasteiger partial charge in [0.05, 0.1) is 0 Å². The molecule has 1 saturated heterocycles. The largest absolute Gasteiger partial charge is 0.484 e. The van der Waals surface area contributed by atoms with Crippen LogP contribution in [0, 0.1) is 0 Å². The molecule has 0 aromatic heterocycles. The second-order valence-corrected chi connectivity index (χ2v) is 5.57. The van der Waals surface area contributed by atoms with Crippen molar-refractivity contribution >= 4 is 11.6 Å². The van der Waals surface area contributed by atoms with Gasteiger partial charge in [-0.15, -0.1) is 0 Å². The van der Waals surface area contributed by atoms with Crippen LogP contribution in [0.25, 0.3) is 0 Å². The van der Waals surface area contributed by atoms with Gasteiger partial charge in [-0.05, 0) is 51.5 Å². The molecular weight excluding hydrogens is 266 g/mol. The highest BCUT2D eigenvalue weighted by atomic mass is 16.5. The van der Waals surface area contributed by atoms with Crippen LogP contribution < -0.4 is 15.4 Å². The second kappa shape index (κ2) is 7.88. The number of hydrogen-bond donors (Lipinski definition) is 2. The Bertz CT molecular complexity index is 465. The third-order valence-electron chi connectivity index (χ3n) is 3.81. The topological polar surface area (TPSA) is 53.6 Å². The second-order valence-electron chi connectivity index (χ2n) is 5.57. The smallest absolute Gasteiger partial charge is 0.257 e. The summed E-state index contributed by atoms with van der Waals surface area (Å²) in [4.78, 5) is 13.6. The number of anilines is 1. The Kier molecular flexibility index (Phi) is 5.87. The van der Waals surface area contributed by atoms with E-state index >= 15 is 0 Å². The monoisotopic (exact) mass is 291 g/mol. The maximum Gasteiger partial charge on any atom is 0.257 e. The summed E-state index contributed by atoms with van der Waals surface area (Å²) in [6.07, 6.45) is 3.56. The molecule has 2 rings (SSSR count). The molecule has 0 saturated carbocycles. The summed E-state index contributed by atoms with van der Waals surface area (Å²) >= 11 is 0. The average molecular weight is 291 g/mol. The average Bonchev–Trinajstić information content (AvgIpc) is 2.70. The van der Waals surface area contributed by atoms with E-state index in [1.54, 1.807) is 7.05 Å². The Hall–Kier alpha value is -1.75. The normalized spacial score (nSPS) is 19.6. The molecule has 5 heteroatoms. The van der Waals surface area contributed by atoms with Crippen molar-refractivity contribution < 1.29 is 9.53 Å². The van der Waals surface area contributed by atoms with Crippen molar-refractivity contribution in [3.05, 3.63) is 24.3 Å². The summed E-state index contributed by atoms with van der Waals surface area (Å²) in [5, 5.41) is 6.12. The number of nitrogens with zero attached hydrogens (tertiary/aromatic N) is 1. The maximum absolute atomic E-state index is 11.2. The van der Waals surface area contributed by atoms with Gasteiger partial charge in [0.2, 0.25) is 0 Å². The van der Waals surface area contributed by atoms with Crippen LogP contribution in [-0.2, 0) is 4.79 Å². The van der Waals surface area contributed by atoms with Crippen molar-refractivity contribution in [3.63, 3.8) is 0 Å². The molecule has 5 nitrogen and oxygen atoms in total. The zero-order valence-electron chi connectivity index (χ0n) is 12.9. The quantitative estimate of drug-likeness (QED) is 0.867. The van der Waals surface area contributed by atoms with Crippen LogP contribution in [-0.4, -0.2) is 50.6 Å². The third kappa shape index (κ3) is 5.27. The molecule has 1 aliphatic heterocycles. The Balaban J connectivity index is 1.89. The van der Waals surface area contributed by atoms with Crippen molar-refractivity contribution in [3.8, 4) is 5.75 Å². The van der Waals surface area contributed by atoms with Crippen LogP contribution in [0.4, 0.5) is 5.69 Å². The number of likely N-dealkylation sites (N-methyl/N-ethyl adjacent to an activating group) is 1. The first-order valence-corrected chi connectivity index (χ1v) is 7.56. The SMILES string of the molecule is CNC(=O)COc1cccc(NC2CCCN(C)CC2)c1. The molecule has 1 aliphatic rings. The fourth-order valence-corrected chi connectivity index (χ4v) is 2.52. The Labute approximate surface area is 126 Å². The predicted octanol–water partition coefficient (Wildman–Crippen LogP) is 1.71. The van der Waals surface area contributed by atoms with Crippen molar-refractivity contribution in [2.45, 2.75) is 25.3 Å². The summed E-state index contributed by atoms with van der Waals surface area (Å²) in [7, 11) is 3.78. The van der Waals surface area contributed by atoms with Gasteiger partial charge in [0.15, 0.2) is 6.61 Å². The zero-order valence-corrected chi connectivity index (χ0v) is 12.9. The van der Waals surface area contributed by atoms with E-state index in [0.29, 0.717) is 11.8 Å². The minimum atomic E-state index is -0.125. The fraction of sp³-hybridized carbons (Fsp3) is 0.562. The van der Waals surface area contributed by atoms with Gasteiger partial charge in [0.1, 0.15) is 5.75 Å². The first-order valence-electron chi connectivity index (χ1n) is 7.56. The molecule has 116 valence electrons. The number of likely N-dealkylation sites (tertiary alicyclic amines) is 1. The summed E-state index contributed by atoms with van der Waals surface area (Å²) in [6, 6.07) is 8.32. The highest BCUT2D eigenvalue weighted by Gasteiger charge is 2.14. The van der Waals surface area contributed by atoms with E-state index in [0.717, 1.165) is 18.7 Å². The lowest BCUT2D eigenvalue weighted by atomic mass is 10.1. The van der Waals surface area contributed by atoms with E-state index in [2.05, 4.69) is 22.6 Å². The number of carbonyl (C=O) groups excluding carboxylic acids is 1. The van der Waals surface area contributed by atoms with Gasteiger partial charge < -0.3 is 20.3 Å². The van der Waals surface area contributed by atoms with Crippen LogP contribution in [0.1, 0.15) is 19.3 Å². The summed E-state index contributed by atoms with van der Waals surface area (Å²) in [5.74, 6) is 0.592. The van der Waals surface area contributed by atoms with E-state index in [9.17, 15) is 4.79 Å². The summed E-state index contributed by atoms with van der Waals surface area (Å²) < 4.78 is 5.47. The van der Waals surface area contributed by atoms with Crippen LogP contribution in [0.3, 0.4) is 0 Å². The molecule has 1 aromatic rings. The standard InChI is InChI=1S/C16H25N3O2/c1-17-16(20)12-21-15-7-3-5-14(11-15)18-13-6-4-9-19(2)10-8-13/h3,5,7,11,13,18H,4,6,8-10,12H2,1-2H3,(H,17,20). The minimum absolute atomic E-state index is 0.0498. The van der Waals surface area contributed by atoms with Crippen molar-refractivity contribution in [2.75, 3.05) is 39.1 Å². The number of carbonyl (C=O) groups is 1. The molecule has 1 atom stereocenters. The molecule has 2 N–H and O–H groups in total. The van der Waals surface area contributed by atoms with E-state index in [4.69, 9.17) is 4.74 Å². The molecular formula is C16H25N3O2. The first-order chi connectivity index (χ1) is 10.2. The highest BCUT2D eigenvalue weighted by molar-refractivity contribution is 5.77. The predicted molar refractivity (Wildman–Crippen MR) is 84.8 cm³/mol. The number of nitrogens with one attached hydrogen (secondary N) is 2. The Morgan fingerprint density at radius 3 is 3.05 bits per heavy atom. The molecule has 0 radical (unpaired) electrons. The lowest BCUT2D eigenvalue weighted by Crippen LogP contribution is -2.25. The molecule has 1 aromatic carbocycles. The van der Waals surface area contributed by atoms with Crippen molar-refractivity contribution in [2.24, 2.45) is 0 Å². The number of benzene rings is 1. The number of amides is 1. The van der Waals surface area contributed by atoms with Gasteiger partial charge in [0.25, 0.3) is 5.91 Å². The van der Waals surface area contributed by atoms with E-state index < -0.39 is 0 Å². The number of rotatable bonds is 5. The number of hydrogen-bond acceptors (Lipinski definition) is 4. The molecule has 0 spiro atoms. The lowest BCUT2D eigenvalue weighted by Gasteiger charge is -2.18. The van der Waals surface area contributed by atoms with E-state index in [1.807, 2.05) is 24.3 Å². The molecule has 0 bridgehead atoms. The Morgan fingerprint density at radius 2 is 2.24 bits per heavy atom. The van der Waals surface area contributed by atoms with Crippen molar-refractivity contribution in [1.29, 1.82) is 0 Å². The van der Waals surface area contributed by atoms with Gasteiger partial charge in [-0.1, -0.05) is 6.07 Å². The van der Waals surface area contributed by atoms with Crippen LogP contribution in [0.2, 0.25) is 0 Å². The van der Waals surface area contributed by atoms with Crippen LogP contribution in [0.5, 0.6) is 5.75 Å². The first kappa shape index (κ1) is 15.6. The third-order valence-corrected chi connectivity index (χ3v) is 3.81. The highest BCUT2D eigenvalue weighted by Crippen LogP contribution is 2.21. The van der Waals surface area contributed by atoms with Crippen LogP contribution in [0.15, 0.2) is 24.3 Å². The molecule has 1 heterocycles. The van der Waals surface area contributed by atoms with Gasteiger partial charge in [-0.2, -0.15) is 0 Å². The van der Waals surface area contributed by atoms with Gasteiger partial charge >= 0.3 is 0 Å². The van der Waals surface area contributed by atoms with Gasteiger partial charge in [0, 0.05) is 24.8 Å². The molecule has 21 heavy (non-hydrogen) atoms. The molecule has 1 unspecified atom stereocenters. The van der Waals surface area contributed by atoms with Gasteiger partial charge in [-0.25, -0.2) is 0 Å². The molecule has 1 fully saturated rings. The Morgan fingerprint density at radius 1 is 1.38 bits per heavy atom.